The number of hydrogen-bond acceptors (Lipinski definition) is 1. The van der Waals surface area contributed by atoms with Gasteiger partial charge in [-0.1, -0.05) is 42.5 Å². The second kappa shape index (κ2) is 5.13. The molecule has 2 aromatic rings. The zero-order chi connectivity index (χ0) is 13.0. The van der Waals surface area contributed by atoms with Crippen molar-refractivity contribution in [2.24, 2.45) is 0 Å². The van der Waals surface area contributed by atoms with Crippen LogP contribution in [0.4, 0.5) is 4.39 Å². The fraction of sp³-hybridized carbons (Fsp3) is 0.188. The lowest BCUT2D eigenvalue weighted by Gasteiger charge is -2.23. The van der Waals surface area contributed by atoms with E-state index < -0.39 is 5.41 Å². The highest BCUT2D eigenvalue weighted by Gasteiger charge is 2.26. The van der Waals surface area contributed by atoms with Crippen molar-refractivity contribution in [3.05, 3.63) is 71.5 Å². The van der Waals surface area contributed by atoms with Gasteiger partial charge in [0.2, 0.25) is 0 Å². The molecule has 0 N–H and O–H groups in total. The van der Waals surface area contributed by atoms with Crippen LogP contribution in [0.15, 0.2) is 54.6 Å². The fourth-order valence-electron chi connectivity index (χ4n) is 2.08. The van der Waals surface area contributed by atoms with Crippen LogP contribution in [0, 0.1) is 5.82 Å². The highest BCUT2D eigenvalue weighted by Crippen LogP contribution is 2.26. The quantitative estimate of drug-likeness (QED) is 0.750. The third-order valence-corrected chi connectivity index (χ3v) is 3.16. The summed E-state index contributed by atoms with van der Waals surface area (Å²) in [7, 11) is 0. The van der Waals surface area contributed by atoms with Crippen molar-refractivity contribution in [2.45, 2.75) is 18.8 Å². The monoisotopic (exact) mass is 242 g/mol. The van der Waals surface area contributed by atoms with Gasteiger partial charge in [0.05, 0.1) is 5.41 Å². The van der Waals surface area contributed by atoms with Crippen molar-refractivity contribution in [2.75, 3.05) is 0 Å². The van der Waals surface area contributed by atoms with Gasteiger partial charge >= 0.3 is 0 Å². The third-order valence-electron chi connectivity index (χ3n) is 3.16. The van der Waals surface area contributed by atoms with Crippen LogP contribution in [0.25, 0.3) is 0 Å². The van der Waals surface area contributed by atoms with Crippen LogP contribution < -0.4 is 0 Å². The van der Waals surface area contributed by atoms with Crippen LogP contribution in [0.1, 0.15) is 18.1 Å². The molecule has 1 atom stereocenters. The van der Waals surface area contributed by atoms with Crippen LogP contribution in [0.5, 0.6) is 0 Å². The molecule has 1 unspecified atom stereocenters. The Morgan fingerprint density at radius 3 is 2.44 bits per heavy atom. The lowest BCUT2D eigenvalue weighted by Crippen LogP contribution is -2.26. The highest BCUT2D eigenvalue weighted by atomic mass is 19.1. The number of rotatable bonds is 4. The standard InChI is InChI=1S/C16H15FO/c1-16(12-18,11-13-6-3-2-4-7-13)14-8-5-9-15(17)10-14/h2-10,12H,11H2,1H3. The number of halogens is 1. The van der Waals surface area contributed by atoms with Gasteiger partial charge < -0.3 is 4.79 Å². The minimum Gasteiger partial charge on any atom is -0.302 e. The Morgan fingerprint density at radius 1 is 1.11 bits per heavy atom. The Balaban J connectivity index is 2.34. The van der Waals surface area contributed by atoms with E-state index in [4.69, 9.17) is 0 Å². The maximum atomic E-state index is 13.3. The molecule has 0 aromatic heterocycles. The van der Waals surface area contributed by atoms with Gasteiger partial charge in [-0.3, -0.25) is 0 Å². The first-order valence-corrected chi connectivity index (χ1v) is 5.90. The van der Waals surface area contributed by atoms with E-state index in [1.807, 2.05) is 37.3 Å². The Hall–Kier alpha value is -1.96. The van der Waals surface area contributed by atoms with Gasteiger partial charge in [0.1, 0.15) is 12.1 Å². The van der Waals surface area contributed by atoms with Crippen LogP contribution in [0.3, 0.4) is 0 Å². The zero-order valence-electron chi connectivity index (χ0n) is 10.3. The second-order valence-electron chi connectivity index (χ2n) is 4.71. The summed E-state index contributed by atoms with van der Waals surface area (Å²) in [5, 5.41) is 0. The van der Waals surface area contributed by atoms with Crippen molar-refractivity contribution in [3.63, 3.8) is 0 Å². The van der Waals surface area contributed by atoms with Crippen LogP contribution in [0.2, 0.25) is 0 Å². The van der Waals surface area contributed by atoms with Crippen LogP contribution in [-0.2, 0) is 16.6 Å². The Kier molecular flexibility index (Phi) is 3.56. The average Bonchev–Trinajstić information content (AvgIpc) is 2.40. The van der Waals surface area contributed by atoms with Crippen molar-refractivity contribution >= 4 is 6.29 Å². The van der Waals surface area contributed by atoms with Crippen molar-refractivity contribution in [1.82, 2.24) is 0 Å². The molecule has 0 heterocycles. The first-order valence-electron chi connectivity index (χ1n) is 5.90. The molecule has 0 fully saturated rings. The highest BCUT2D eigenvalue weighted by molar-refractivity contribution is 5.68. The molecule has 2 heteroatoms. The van der Waals surface area contributed by atoms with E-state index in [1.54, 1.807) is 12.1 Å². The SMILES string of the molecule is CC(C=O)(Cc1ccccc1)c1cccc(F)c1. The normalized spacial score (nSPS) is 13.9. The number of hydrogen-bond donors (Lipinski definition) is 0. The predicted molar refractivity (Wildman–Crippen MR) is 70.0 cm³/mol. The maximum Gasteiger partial charge on any atom is 0.130 e. The summed E-state index contributed by atoms with van der Waals surface area (Å²) in [6, 6.07) is 16.0. The Bertz CT molecular complexity index is 536. The molecule has 18 heavy (non-hydrogen) atoms. The molecule has 0 amide bonds. The van der Waals surface area contributed by atoms with E-state index >= 15 is 0 Å². The van der Waals surface area contributed by atoms with Gasteiger partial charge in [-0.2, -0.15) is 0 Å². The summed E-state index contributed by atoms with van der Waals surface area (Å²) in [6.07, 6.45) is 1.47. The van der Waals surface area contributed by atoms with Gasteiger partial charge in [0, 0.05) is 0 Å². The van der Waals surface area contributed by atoms with Gasteiger partial charge in [0.15, 0.2) is 0 Å². The summed E-state index contributed by atoms with van der Waals surface area (Å²) >= 11 is 0. The molecular formula is C16H15FO. The molecular weight excluding hydrogens is 227 g/mol. The average molecular weight is 242 g/mol. The second-order valence-corrected chi connectivity index (χ2v) is 4.71. The molecule has 0 bridgehead atoms. The predicted octanol–water partition coefficient (Wildman–Crippen LogP) is 3.53. The van der Waals surface area contributed by atoms with Crippen molar-refractivity contribution < 1.29 is 9.18 Å². The lowest BCUT2D eigenvalue weighted by atomic mass is 9.78. The topological polar surface area (TPSA) is 17.1 Å². The van der Waals surface area contributed by atoms with E-state index in [-0.39, 0.29) is 5.82 Å². The largest absolute Gasteiger partial charge is 0.302 e. The van der Waals surface area contributed by atoms with Gasteiger partial charge in [-0.05, 0) is 36.6 Å². The molecule has 0 spiro atoms. The summed E-state index contributed by atoms with van der Waals surface area (Å²) in [5.74, 6) is -0.311. The maximum absolute atomic E-state index is 13.3. The number of carbonyl (C=O) groups excluding carboxylic acids is 1. The molecule has 0 aliphatic heterocycles. The van der Waals surface area contributed by atoms with E-state index in [9.17, 15) is 9.18 Å². The van der Waals surface area contributed by atoms with E-state index in [0.717, 1.165) is 11.8 Å². The van der Waals surface area contributed by atoms with Crippen molar-refractivity contribution in [1.29, 1.82) is 0 Å². The van der Waals surface area contributed by atoms with Gasteiger partial charge in [-0.25, -0.2) is 4.39 Å². The molecule has 0 aliphatic carbocycles. The molecule has 0 saturated heterocycles. The molecule has 0 saturated carbocycles. The Labute approximate surface area is 106 Å². The summed E-state index contributed by atoms with van der Waals surface area (Å²) in [6.45, 7) is 1.84. The molecule has 1 nitrogen and oxygen atoms in total. The van der Waals surface area contributed by atoms with E-state index in [0.29, 0.717) is 12.0 Å². The van der Waals surface area contributed by atoms with Crippen LogP contribution in [-0.4, -0.2) is 6.29 Å². The molecule has 0 radical (unpaired) electrons. The molecule has 0 aliphatic rings. The minimum atomic E-state index is -0.691. The van der Waals surface area contributed by atoms with Gasteiger partial charge in [0.25, 0.3) is 0 Å². The van der Waals surface area contributed by atoms with Gasteiger partial charge in [-0.15, -0.1) is 0 Å². The molecule has 92 valence electrons. The Morgan fingerprint density at radius 2 is 1.83 bits per heavy atom. The van der Waals surface area contributed by atoms with Crippen LogP contribution >= 0.6 is 0 Å². The molecule has 2 rings (SSSR count). The van der Waals surface area contributed by atoms with E-state index in [2.05, 4.69) is 0 Å². The zero-order valence-corrected chi connectivity index (χ0v) is 10.3. The number of benzene rings is 2. The number of aldehydes is 1. The minimum absolute atomic E-state index is 0.311. The van der Waals surface area contributed by atoms with E-state index in [1.165, 1.54) is 12.1 Å². The summed E-state index contributed by atoms with van der Waals surface area (Å²) in [5.41, 5.74) is 1.08. The first-order chi connectivity index (χ1) is 8.64. The summed E-state index contributed by atoms with van der Waals surface area (Å²) < 4.78 is 13.3. The summed E-state index contributed by atoms with van der Waals surface area (Å²) in [4.78, 5) is 11.4. The third kappa shape index (κ3) is 2.65. The van der Waals surface area contributed by atoms with Crippen molar-refractivity contribution in [3.8, 4) is 0 Å². The first kappa shape index (κ1) is 12.5. The fourth-order valence-corrected chi connectivity index (χ4v) is 2.08. The number of carbonyl (C=O) groups is 1. The molecule has 2 aromatic carbocycles. The lowest BCUT2D eigenvalue weighted by molar-refractivity contribution is -0.112. The smallest absolute Gasteiger partial charge is 0.130 e.